The predicted molar refractivity (Wildman–Crippen MR) is 79.0 cm³/mol. The van der Waals surface area contributed by atoms with Crippen molar-refractivity contribution in [2.45, 2.75) is 19.9 Å². The first-order valence-corrected chi connectivity index (χ1v) is 6.44. The van der Waals surface area contributed by atoms with E-state index in [4.69, 9.17) is 5.73 Å². The maximum Gasteiger partial charge on any atom is 0.193 e. The zero-order valence-electron chi connectivity index (χ0n) is 11.3. The van der Waals surface area contributed by atoms with Crippen molar-refractivity contribution < 1.29 is 4.39 Å². The molecule has 0 aliphatic rings. The Bertz CT molecular complexity index is 610. The Labute approximate surface area is 117 Å². The van der Waals surface area contributed by atoms with Gasteiger partial charge in [-0.3, -0.25) is 4.98 Å². The summed E-state index contributed by atoms with van der Waals surface area (Å²) in [5.41, 5.74) is 8.14. The zero-order valence-corrected chi connectivity index (χ0v) is 11.3. The second-order valence-electron chi connectivity index (χ2n) is 4.31. The highest BCUT2D eigenvalue weighted by atomic mass is 19.1. The molecule has 3 N–H and O–H groups in total. The third-order valence-corrected chi connectivity index (χ3v) is 2.84. The minimum absolute atomic E-state index is 0.110. The molecule has 20 heavy (non-hydrogen) atoms. The van der Waals surface area contributed by atoms with Gasteiger partial charge < -0.3 is 11.1 Å². The number of hydrogen-bond acceptors (Lipinski definition) is 2. The number of nitrogens with one attached hydrogen (secondary N) is 1. The van der Waals surface area contributed by atoms with E-state index in [0.717, 1.165) is 12.1 Å². The van der Waals surface area contributed by atoms with Crippen LogP contribution >= 0.6 is 0 Å². The molecular formula is C15H17FN4. The van der Waals surface area contributed by atoms with E-state index >= 15 is 0 Å². The van der Waals surface area contributed by atoms with E-state index in [-0.39, 0.29) is 24.0 Å². The van der Waals surface area contributed by atoms with Crippen LogP contribution in [-0.4, -0.2) is 10.9 Å². The minimum Gasteiger partial charge on any atom is -0.370 e. The SMILES string of the molecule is CCc1cccc(NC(N)=NCc2ncccc2F)c1. The molecule has 0 radical (unpaired) electrons. The second kappa shape index (κ2) is 6.65. The van der Waals surface area contributed by atoms with Gasteiger partial charge in [-0.15, -0.1) is 0 Å². The van der Waals surface area contributed by atoms with Crippen molar-refractivity contribution in [3.05, 3.63) is 59.7 Å². The van der Waals surface area contributed by atoms with Crippen LogP contribution in [-0.2, 0) is 13.0 Å². The highest BCUT2D eigenvalue weighted by molar-refractivity contribution is 5.92. The maximum atomic E-state index is 13.4. The Morgan fingerprint density at radius 2 is 2.20 bits per heavy atom. The van der Waals surface area contributed by atoms with Gasteiger partial charge in [0.15, 0.2) is 5.96 Å². The molecule has 1 aromatic carbocycles. The number of rotatable bonds is 4. The number of benzene rings is 1. The minimum atomic E-state index is -0.378. The lowest BCUT2D eigenvalue weighted by atomic mass is 10.1. The lowest BCUT2D eigenvalue weighted by Gasteiger charge is -2.07. The van der Waals surface area contributed by atoms with Gasteiger partial charge in [0.25, 0.3) is 0 Å². The second-order valence-corrected chi connectivity index (χ2v) is 4.31. The summed E-state index contributed by atoms with van der Waals surface area (Å²) >= 11 is 0. The number of aromatic nitrogens is 1. The molecule has 0 saturated carbocycles. The van der Waals surface area contributed by atoms with Crippen molar-refractivity contribution in [3.8, 4) is 0 Å². The standard InChI is InChI=1S/C15H17FN4/c1-2-11-5-3-6-12(9-11)20-15(17)19-10-14-13(16)7-4-8-18-14/h3-9H,2,10H2,1H3,(H3,17,19,20). The van der Waals surface area contributed by atoms with Crippen LogP contribution in [0.1, 0.15) is 18.2 Å². The number of nitrogens with two attached hydrogens (primary N) is 1. The number of halogens is 1. The molecule has 5 heteroatoms. The van der Waals surface area contributed by atoms with E-state index in [0.29, 0.717) is 0 Å². The molecule has 0 atom stereocenters. The summed E-state index contributed by atoms with van der Waals surface area (Å²) in [5.74, 6) is -0.139. The molecule has 1 heterocycles. The van der Waals surface area contributed by atoms with Crippen molar-refractivity contribution in [1.82, 2.24) is 4.98 Å². The molecule has 1 aromatic heterocycles. The number of aliphatic imine (C=N–C) groups is 1. The van der Waals surface area contributed by atoms with E-state index < -0.39 is 0 Å². The molecule has 0 fully saturated rings. The van der Waals surface area contributed by atoms with Gasteiger partial charge in [-0.1, -0.05) is 19.1 Å². The maximum absolute atomic E-state index is 13.4. The highest BCUT2D eigenvalue weighted by Crippen LogP contribution is 2.11. The van der Waals surface area contributed by atoms with Crippen molar-refractivity contribution in [3.63, 3.8) is 0 Å². The van der Waals surface area contributed by atoms with Crippen LogP contribution in [0.25, 0.3) is 0 Å². The average molecular weight is 272 g/mol. The average Bonchev–Trinajstić information content (AvgIpc) is 2.46. The van der Waals surface area contributed by atoms with Gasteiger partial charge in [0, 0.05) is 11.9 Å². The van der Waals surface area contributed by atoms with Crippen molar-refractivity contribution in [2.24, 2.45) is 10.7 Å². The van der Waals surface area contributed by atoms with E-state index in [9.17, 15) is 4.39 Å². The normalized spacial score (nSPS) is 11.4. The third-order valence-electron chi connectivity index (χ3n) is 2.84. The van der Waals surface area contributed by atoms with Crippen LogP contribution in [0.15, 0.2) is 47.6 Å². The fraction of sp³-hybridized carbons (Fsp3) is 0.200. The van der Waals surface area contributed by atoms with E-state index in [1.807, 2.05) is 24.3 Å². The lowest BCUT2D eigenvalue weighted by molar-refractivity contribution is 0.600. The molecule has 0 bridgehead atoms. The fourth-order valence-corrected chi connectivity index (χ4v) is 1.75. The van der Waals surface area contributed by atoms with Crippen molar-refractivity contribution in [1.29, 1.82) is 0 Å². The summed E-state index contributed by atoms with van der Waals surface area (Å²) in [5, 5.41) is 2.98. The first-order valence-electron chi connectivity index (χ1n) is 6.44. The summed E-state index contributed by atoms with van der Waals surface area (Å²) < 4.78 is 13.4. The molecule has 2 aromatic rings. The Morgan fingerprint density at radius 1 is 1.35 bits per heavy atom. The van der Waals surface area contributed by atoms with Gasteiger partial charge in [0.1, 0.15) is 5.82 Å². The molecule has 0 amide bonds. The van der Waals surface area contributed by atoms with Crippen molar-refractivity contribution in [2.75, 3.05) is 5.32 Å². The summed E-state index contributed by atoms with van der Waals surface area (Å²) in [6, 6.07) is 10.8. The van der Waals surface area contributed by atoms with Gasteiger partial charge in [-0.25, -0.2) is 9.38 Å². The van der Waals surface area contributed by atoms with Gasteiger partial charge in [0.2, 0.25) is 0 Å². The third kappa shape index (κ3) is 3.78. The molecular weight excluding hydrogens is 255 g/mol. The van der Waals surface area contributed by atoms with Crippen LogP contribution in [0, 0.1) is 5.82 Å². The number of nitrogens with zero attached hydrogens (tertiary/aromatic N) is 2. The number of aryl methyl sites for hydroxylation is 1. The Hall–Kier alpha value is -2.43. The summed E-state index contributed by atoms with van der Waals surface area (Å²) in [6.07, 6.45) is 2.48. The Morgan fingerprint density at radius 3 is 2.95 bits per heavy atom. The summed E-state index contributed by atoms with van der Waals surface area (Å²) in [6.45, 7) is 2.19. The Balaban J connectivity index is 2.02. The van der Waals surface area contributed by atoms with Crippen LogP contribution in [0.3, 0.4) is 0 Å². The largest absolute Gasteiger partial charge is 0.370 e. The summed E-state index contributed by atoms with van der Waals surface area (Å²) in [4.78, 5) is 8.01. The molecule has 104 valence electrons. The Kier molecular flexibility index (Phi) is 4.65. The number of pyridine rings is 1. The smallest absolute Gasteiger partial charge is 0.193 e. The number of anilines is 1. The van der Waals surface area contributed by atoms with Crippen LogP contribution in [0.5, 0.6) is 0 Å². The van der Waals surface area contributed by atoms with Crippen LogP contribution in [0.2, 0.25) is 0 Å². The first kappa shape index (κ1) is 14.0. The van der Waals surface area contributed by atoms with Crippen molar-refractivity contribution >= 4 is 11.6 Å². The molecule has 0 unspecified atom stereocenters. The van der Waals surface area contributed by atoms with Gasteiger partial charge in [-0.05, 0) is 36.2 Å². The van der Waals surface area contributed by atoms with Gasteiger partial charge in [-0.2, -0.15) is 0 Å². The van der Waals surface area contributed by atoms with E-state index in [1.54, 1.807) is 6.07 Å². The van der Waals surface area contributed by atoms with E-state index in [1.165, 1.54) is 17.8 Å². The van der Waals surface area contributed by atoms with Crippen LogP contribution in [0.4, 0.5) is 10.1 Å². The number of guanidine groups is 1. The highest BCUT2D eigenvalue weighted by Gasteiger charge is 2.02. The molecule has 0 spiro atoms. The topological polar surface area (TPSA) is 63.3 Å². The first-order chi connectivity index (χ1) is 9.69. The van der Waals surface area contributed by atoms with Gasteiger partial charge >= 0.3 is 0 Å². The molecule has 0 aliphatic carbocycles. The van der Waals surface area contributed by atoms with Gasteiger partial charge in [0.05, 0.1) is 12.2 Å². The predicted octanol–water partition coefficient (Wildman–Crippen LogP) is 2.71. The zero-order chi connectivity index (χ0) is 14.4. The van der Waals surface area contributed by atoms with E-state index in [2.05, 4.69) is 22.2 Å². The van der Waals surface area contributed by atoms with Crippen LogP contribution < -0.4 is 11.1 Å². The number of hydrogen-bond donors (Lipinski definition) is 2. The monoisotopic (exact) mass is 272 g/mol. The fourth-order valence-electron chi connectivity index (χ4n) is 1.75. The quantitative estimate of drug-likeness (QED) is 0.664. The lowest BCUT2D eigenvalue weighted by Crippen LogP contribution is -2.22. The molecule has 4 nitrogen and oxygen atoms in total. The molecule has 0 aliphatic heterocycles. The molecule has 0 saturated heterocycles. The summed E-state index contributed by atoms with van der Waals surface area (Å²) in [7, 11) is 0. The molecule has 2 rings (SSSR count).